The predicted molar refractivity (Wildman–Crippen MR) is 97.0 cm³/mol. The van der Waals surface area contributed by atoms with E-state index >= 15 is 0 Å². The van der Waals surface area contributed by atoms with E-state index in [4.69, 9.17) is 4.74 Å². The molecule has 1 aliphatic rings. The maximum absolute atomic E-state index is 5.62. The molecule has 1 rings (SSSR count). The third-order valence-corrected chi connectivity index (χ3v) is 3.33. The molecule has 118 valence electrons. The van der Waals surface area contributed by atoms with E-state index in [1.807, 2.05) is 6.08 Å². The first-order valence-corrected chi connectivity index (χ1v) is 7.49. The molecular formula is C15H30IN3O. The summed E-state index contributed by atoms with van der Waals surface area (Å²) in [6.45, 7) is 9.55. The summed E-state index contributed by atoms with van der Waals surface area (Å²) < 4.78 is 5.62. The fraction of sp³-hybridized carbons (Fsp3) is 0.800. The molecular weight excluding hydrogens is 365 g/mol. The van der Waals surface area contributed by atoms with E-state index in [0.717, 1.165) is 51.5 Å². The van der Waals surface area contributed by atoms with Crippen LogP contribution < -0.4 is 5.32 Å². The minimum absolute atomic E-state index is 0. The Morgan fingerprint density at radius 1 is 1.55 bits per heavy atom. The van der Waals surface area contributed by atoms with Crippen LogP contribution in [0.5, 0.6) is 0 Å². The zero-order valence-electron chi connectivity index (χ0n) is 12.9. The maximum Gasteiger partial charge on any atom is 0.193 e. The number of hydrogen-bond donors (Lipinski definition) is 1. The van der Waals surface area contributed by atoms with E-state index in [1.54, 1.807) is 0 Å². The molecule has 20 heavy (non-hydrogen) atoms. The summed E-state index contributed by atoms with van der Waals surface area (Å²) in [4.78, 5) is 6.88. The summed E-state index contributed by atoms with van der Waals surface area (Å²) in [5.41, 5.74) is 0. The van der Waals surface area contributed by atoms with Crippen molar-refractivity contribution in [2.45, 2.75) is 45.1 Å². The first-order valence-electron chi connectivity index (χ1n) is 7.49. The zero-order valence-corrected chi connectivity index (χ0v) is 15.3. The lowest BCUT2D eigenvalue weighted by atomic mass is 10.2. The number of guanidine groups is 1. The monoisotopic (exact) mass is 395 g/mol. The number of allylic oxidation sites excluding steroid dienone is 1. The van der Waals surface area contributed by atoms with E-state index < -0.39 is 0 Å². The normalized spacial score (nSPS) is 18.5. The van der Waals surface area contributed by atoms with Crippen LogP contribution in [0.4, 0.5) is 0 Å². The van der Waals surface area contributed by atoms with Crippen LogP contribution in [0, 0.1) is 0 Å². The summed E-state index contributed by atoms with van der Waals surface area (Å²) in [6, 6.07) is 0. The highest BCUT2D eigenvalue weighted by Crippen LogP contribution is 2.14. The Labute approximate surface area is 141 Å². The van der Waals surface area contributed by atoms with Crippen molar-refractivity contribution in [1.82, 2.24) is 10.2 Å². The number of aliphatic imine (C=N–C) groups is 1. The Morgan fingerprint density at radius 2 is 2.35 bits per heavy atom. The molecule has 0 aromatic carbocycles. The molecule has 1 N–H and O–H groups in total. The van der Waals surface area contributed by atoms with Gasteiger partial charge >= 0.3 is 0 Å². The van der Waals surface area contributed by atoms with Gasteiger partial charge in [0.05, 0.1) is 6.10 Å². The van der Waals surface area contributed by atoms with Crippen molar-refractivity contribution in [1.29, 1.82) is 0 Å². The lowest BCUT2D eigenvalue weighted by molar-refractivity contribution is 0.106. The van der Waals surface area contributed by atoms with Crippen molar-refractivity contribution in [3.63, 3.8) is 0 Å². The molecule has 1 saturated heterocycles. The van der Waals surface area contributed by atoms with Gasteiger partial charge in [0.15, 0.2) is 5.96 Å². The van der Waals surface area contributed by atoms with Crippen molar-refractivity contribution in [3.05, 3.63) is 12.7 Å². The molecule has 0 aliphatic carbocycles. The van der Waals surface area contributed by atoms with Gasteiger partial charge in [0.1, 0.15) is 0 Å². The fourth-order valence-corrected chi connectivity index (χ4v) is 2.23. The third-order valence-electron chi connectivity index (χ3n) is 3.33. The Hall–Kier alpha value is -0.300. The van der Waals surface area contributed by atoms with Crippen LogP contribution in [-0.4, -0.2) is 50.3 Å². The summed E-state index contributed by atoms with van der Waals surface area (Å²) in [6.07, 6.45) is 8.01. The van der Waals surface area contributed by atoms with E-state index in [9.17, 15) is 0 Å². The smallest absolute Gasteiger partial charge is 0.193 e. The van der Waals surface area contributed by atoms with Gasteiger partial charge in [-0.15, -0.1) is 30.6 Å². The number of nitrogens with one attached hydrogen (secondary N) is 1. The molecule has 0 bridgehead atoms. The van der Waals surface area contributed by atoms with Gasteiger partial charge in [0, 0.05) is 33.3 Å². The third kappa shape index (κ3) is 8.09. The van der Waals surface area contributed by atoms with Gasteiger partial charge in [-0.2, -0.15) is 0 Å². The summed E-state index contributed by atoms with van der Waals surface area (Å²) in [7, 11) is 2.09. The summed E-state index contributed by atoms with van der Waals surface area (Å²) in [5.74, 6) is 1.00. The Kier molecular flexibility index (Phi) is 12.3. The molecule has 1 fully saturated rings. The standard InChI is InChI=1S/C15H29N3O.HI/c1-4-6-7-12-18(3)15(16-5-2)17-11-10-14-9-8-13-19-14;/h4,14H,1,5-13H2,2-3H3,(H,16,17);1H. The van der Waals surface area contributed by atoms with Gasteiger partial charge in [-0.25, -0.2) is 0 Å². The van der Waals surface area contributed by atoms with Gasteiger partial charge in [0.2, 0.25) is 0 Å². The Morgan fingerprint density at radius 3 is 2.95 bits per heavy atom. The minimum Gasteiger partial charge on any atom is -0.378 e. The highest BCUT2D eigenvalue weighted by atomic mass is 127. The molecule has 1 atom stereocenters. The second-order valence-electron chi connectivity index (χ2n) is 5.01. The topological polar surface area (TPSA) is 36.9 Å². The molecule has 0 spiro atoms. The Balaban J connectivity index is 0.00000361. The second kappa shape index (κ2) is 12.4. The molecule has 1 unspecified atom stereocenters. The molecule has 5 heteroatoms. The van der Waals surface area contributed by atoms with Crippen LogP contribution in [0.3, 0.4) is 0 Å². The molecule has 0 saturated carbocycles. The van der Waals surface area contributed by atoms with Gasteiger partial charge < -0.3 is 15.0 Å². The molecule has 4 nitrogen and oxygen atoms in total. The lowest BCUT2D eigenvalue weighted by Crippen LogP contribution is -2.39. The van der Waals surface area contributed by atoms with Crippen molar-refractivity contribution >= 4 is 29.9 Å². The average molecular weight is 395 g/mol. The van der Waals surface area contributed by atoms with Crippen molar-refractivity contribution in [2.75, 3.05) is 33.3 Å². The first kappa shape index (κ1) is 19.7. The number of unbranched alkanes of at least 4 members (excludes halogenated alkanes) is 1. The lowest BCUT2D eigenvalue weighted by Gasteiger charge is -2.22. The zero-order chi connectivity index (χ0) is 13.9. The molecule has 0 aromatic rings. The molecule has 1 heterocycles. The molecule has 0 aromatic heterocycles. The SMILES string of the molecule is C=CCCCN(C)C(=NCCC1CCCO1)NCC.I. The maximum atomic E-state index is 5.62. The number of nitrogens with zero attached hydrogens (tertiary/aromatic N) is 2. The molecule has 1 aliphatic heterocycles. The van der Waals surface area contributed by atoms with E-state index in [2.05, 4.69) is 35.8 Å². The highest BCUT2D eigenvalue weighted by Gasteiger charge is 2.14. The van der Waals surface area contributed by atoms with Gasteiger partial charge in [-0.3, -0.25) is 4.99 Å². The Bertz CT molecular complexity index is 278. The number of ether oxygens (including phenoxy) is 1. The number of halogens is 1. The van der Waals surface area contributed by atoms with Crippen LogP contribution in [0.2, 0.25) is 0 Å². The quantitative estimate of drug-likeness (QED) is 0.226. The van der Waals surface area contributed by atoms with Crippen LogP contribution in [0.15, 0.2) is 17.6 Å². The molecule has 0 amide bonds. The van der Waals surface area contributed by atoms with Gasteiger partial charge in [-0.1, -0.05) is 6.08 Å². The molecule has 0 radical (unpaired) electrons. The largest absolute Gasteiger partial charge is 0.378 e. The number of hydrogen-bond acceptors (Lipinski definition) is 2. The van der Waals surface area contributed by atoms with Gasteiger partial charge in [0.25, 0.3) is 0 Å². The second-order valence-corrected chi connectivity index (χ2v) is 5.01. The summed E-state index contributed by atoms with van der Waals surface area (Å²) >= 11 is 0. The van der Waals surface area contributed by atoms with Crippen molar-refractivity contribution in [2.24, 2.45) is 4.99 Å². The van der Waals surface area contributed by atoms with Crippen LogP contribution in [0.25, 0.3) is 0 Å². The van der Waals surface area contributed by atoms with Crippen LogP contribution >= 0.6 is 24.0 Å². The minimum atomic E-state index is 0. The van der Waals surface area contributed by atoms with E-state index in [-0.39, 0.29) is 24.0 Å². The van der Waals surface area contributed by atoms with Crippen molar-refractivity contribution in [3.8, 4) is 0 Å². The number of rotatable bonds is 8. The van der Waals surface area contributed by atoms with Crippen molar-refractivity contribution < 1.29 is 4.74 Å². The summed E-state index contributed by atoms with van der Waals surface area (Å²) in [5, 5.41) is 3.34. The predicted octanol–water partition coefficient (Wildman–Crippen LogP) is 3.04. The fourth-order valence-electron chi connectivity index (χ4n) is 2.23. The van der Waals surface area contributed by atoms with Crippen LogP contribution in [0.1, 0.15) is 39.0 Å². The average Bonchev–Trinajstić information content (AvgIpc) is 2.91. The first-order chi connectivity index (χ1) is 9.27. The van der Waals surface area contributed by atoms with Crippen LogP contribution in [-0.2, 0) is 4.74 Å². The highest BCUT2D eigenvalue weighted by molar-refractivity contribution is 14.0. The van der Waals surface area contributed by atoms with E-state index in [0.29, 0.717) is 6.10 Å². The van der Waals surface area contributed by atoms with Gasteiger partial charge in [-0.05, 0) is 39.0 Å². The van der Waals surface area contributed by atoms with E-state index in [1.165, 1.54) is 12.8 Å².